The monoisotopic (exact) mass is 363 g/mol. The fraction of sp³-hybridized carbons (Fsp3) is 0.250. The number of ether oxygens (including phenoxy) is 1. The van der Waals surface area contributed by atoms with E-state index in [4.69, 9.17) is 10.5 Å². The van der Waals surface area contributed by atoms with Gasteiger partial charge in [0.15, 0.2) is 6.61 Å². The molecule has 0 atom stereocenters. The van der Waals surface area contributed by atoms with Crippen LogP contribution in [0.5, 0.6) is 0 Å². The number of esters is 1. The number of benzene rings is 1. The van der Waals surface area contributed by atoms with Gasteiger partial charge in [-0.25, -0.2) is 9.59 Å². The van der Waals surface area contributed by atoms with Crippen molar-refractivity contribution < 1.29 is 14.3 Å². The van der Waals surface area contributed by atoms with Gasteiger partial charge in [-0.15, -0.1) is 11.8 Å². The zero-order valence-corrected chi connectivity index (χ0v) is 14.5. The van der Waals surface area contributed by atoms with Gasteiger partial charge in [0.25, 0.3) is 5.56 Å². The highest BCUT2D eigenvalue weighted by Crippen LogP contribution is 2.22. The molecule has 2 rings (SSSR count). The second kappa shape index (κ2) is 7.84. The molecule has 0 unspecified atom stereocenters. The van der Waals surface area contributed by atoms with Gasteiger partial charge in [0.1, 0.15) is 11.4 Å². The van der Waals surface area contributed by atoms with E-state index in [1.807, 2.05) is 11.9 Å². The number of rotatable bonds is 6. The van der Waals surface area contributed by atoms with Crippen molar-refractivity contribution in [2.75, 3.05) is 18.1 Å². The van der Waals surface area contributed by atoms with E-state index in [2.05, 4.69) is 0 Å². The average molecular weight is 363 g/mol. The summed E-state index contributed by atoms with van der Waals surface area (Å²) < 4.78 is 5.95. The fourth-order valence-electron chi connectivity index (χ4n) is 2.10. The van der Waals surface area contributed by atoms with E-state index in [-0.39, 0.29) is 5.82 Å². The van der Waals surface area contributed by atoms with Gasteiger partial charge in [0.2, 0.25) is 5.78 Å². The molecule has 0 spiro atoms. The number of hydrogen-bond acceptors (Lipinski definition) is 7. The van der Waals surface area contributed by atoms with E-state index < -0.39 is 35.2 Å². The molecule has 132 valence electrons. The number of nitrogens with one attached hydrogen (secondary N) is 1. The lowest BCUT2D eigenvalue weighted by molar-refractivity contribution is 0.0471. The number of nitrogens with two attached hydrogens (primary N) is 1. The first kappa shape index (κ1) is 18.5. The summed E-state index contributed by atoms with van der Waals surface area (Å²) in [7, 11) is 1.31. The molecule has 1 aromatic heterocycles. The first-order valence-corrected chi connectivity index (χ1v) is 8.36. The van der Waals surface area contributed by atoms with Crippen molar-refractivity contribution in [1.82, 2.24) is 9.55 Å². The number of aromatic nitrogens is 2. The van der Waals surface area contributed by atoms with Crippen molar-refractivity contribution in [2.24, 2.45) is 7.05 Å². The minimum Gasteiger partial charge on any atom is -0.454 e. The largest absolute Gasteiger partial charge is 0.454 e. The van der Waals surface area contributed by atoms with Crippen LogP contribution in [-0.4, -0.2) is 33.7 Å². The minimum atomic E-state index is -0.913. The predicted molar refractivity (Wildman–Crippen MR) is 94.2 cm³/mol. The zero-order valence-electron chi connectivity index (χ0n) is 13.7. The topological polar surface area (TPSA) is 124 Å². The van der Waals surface area contributed by atoms with E-state index in [9.17, 15) is 19.2 Å². The van der Waals surface area contributed by atoms with Crippen LogP contribution in [0.25, 0.3) is 0 Å². The lowest BCUT2D eigenvalue weighted by Crippen LogP contribution is -2.35. The van der Waals surface area contributed by atoms with E-state index in [0.717, 1.165) is 15.2 Å². The zero-order chi connectivity index (χ0) is 18.6. The molecule has 0 amide bonds. The summed E-state index contributed by atoms with van der Waals surface area (Å²) in [6.07, 6.45) is 0. The Morgan fingerprint density at radius 1 is 1.28 bits per heavy atom. The predicted octanol–water partition coefficient (Wildman–Crippen LogP) is 0.808. The van der Waals surface area contributed by atoms with Gasteiger partial charge in [-0.3, -0.25) is 19.1 Å². The molecular weight excluding hydrogens is 346 g/mol. The standard InChI is InChI=1S/C16H17N3O5S/c1-3-25-11-7-5-4-6-9(11)15(22)24-8-10(20)12-13(17)19(2)16(23)18-14(12)21/h4-7H,3,8,17H2,1-2H3,(H,18,21,23). The molecule has 2 aromatic rings. The van der Waals surface area contributed by atoms with Gasteiger partial charge < -0.3 is 10.5 Å². The second-order valence-electron chi connectivity index (χ2n) is 5.01. The number of hydrogen-bond donors (Lipinski definition) is 2. The molecule has 3 N–H and O–H groups in total. The summed E-state index contributed by atoms with van der Waals surface area (Å²) >= 11 is 1.47. The number of aromatic amines is 1. The lowest BCUT2D eigenvalue weighted by Gasteiger charge is -2.10. The summed E-state index contributed by atoms with van der Waals surface area (Å²) in [4.78, 5) is 50.3. The molecule has 0 aliphatic carbocycles. The number of nitrogen functional groups attached to an aromatic ring is 1. The van der Waals surface area contributed by atoms with Crippen LogP contribution >= 0.6 is 11.8 Å². The highest BCUT2D eigenvalue weighted by molar-refractivity contribution is 7.99. The van der Waals surface area contributed by atoms with Crippen LogP contribution in [0.15, 0.2) is 38.8 Å². The summed E-state index contributed by atoms with van der Waals surface area (Å²) in [6.45, 7) is 1.29. The maximum Gasteiger partial charge on any atom is 0.339 e. The van der Waals surface area contributed by atoms with Gasteiger partial charge in [0.05, 0.1) is 5.56 Å². The van der Waals surface area contributed by atoms with Gasteiger partial charge in [-0.2, -0.15) is 0 Å². The van der Waals surface area contributed by atoms with Gasteiger partial charge in [-0.05, 0) is 17.9 Å². The Bertz CT molecular complexity index is 932. The summed E-state index contributed by atoms with van der Waals surface area (Å²) in [5.74, 6) is -0.975. The number of Topliss-reactive ketones (excluding diaryl/α,β-unsaturated/α-hetero) is 1. The van der Waals surface area contributed by atoms with E-state index in [1.54, 1.807) is 24.3 Å². The summed E-state index contributed by atoms with van der Waals surface area (Å²) in [5, 5.41) is 0. The average Bonchev–Trinajstić information content (AvgIpc) is 2.58. The third-order valence-corrected chi connectivity index (χ3v) is 4.35. The quantitative estimate of drug-likeness (QED) is 0.442. The van der Waals surface area contributed by atoms with Crippen LogP contribution in [0.3, 0.4) is 0 Å². The molecule has 0 saturated carbocycles. The molecule has 0 saturated heterocycles. The second-order valence-corrected chi connectivity index (χ2v) is 6.31. The van der Waals surface area contributed by atoms with E-state index in [1.165, 1.54) is 18.8 Å². The van der Waals surface area contributed by atoms with Crippen molar-refractivity contribution in [3.63, 3.8) is 0 Å². The third-order valence-electron chi connectivity index (χ3n) is 3.39. The first-order valence-electron chi connectivity index (χ1n) is 7.37. The molecule has 25 heavy (non-hydrogen) atoms. The Balaban J connectivity index is 2.19. The van der Waals surface area contributed by atoms with Crippen LogP contribution in [-0.2, 0) is 11.8 Å². The normalized spacial score (nSPS) is 10.5. The SMILES string of the molecule is CCSc1ccccc1C(=O)OCC(=O)c1c(N)n(C)c(=O)[nH]c1=O. The summed E-state index contributed by atoms with van der Waals surface area (Å²) in [6, 6.07) is 6.86. The van der Waals surface area contributed by atoms with E-state index >= 15 is 0 Å². The van der Waals surface area contributed by atoms with Crippen molar-refractivity contribution in [2.45, 2.75) is 11.8 Å². The smallest absolute Gasteiger partial charge is 0.339 e. The van der Waals surface area contributed by atoms with Crippen LogP contribution in [0.1, 0.15) is 27.6 Å². The molecule has 0 aliphatic rings. The Morgan fingerprint density at radius 3 is 2.64 bits per heavy atom. The Labute approximate surface area is 147 Å². The molecule has 0 fully saturated rings. The highest BCUT2D eigenvalue weighted by Gasteiger charge is 2.20. The van der Waals surface area contributed by atoms with Crippen LogP contribution < -0.4 is 17.0 Å². The Morgan fingerprint density at radius 2 is 1.96 bits per heavy atom. The number of ketones is 1. The van der Waals surface area contributed by atoms with Crippen molar-refractivity contribution in [1.29, 1.82) is 0 Å². The van der Waals surface area contributed by atoms with E-state index in [0.29, 0.717) is 5.56 Å². The molecule has 8 nitrogen and oxygen atoms in total. The van der Waals surface area contributed by atoms with Crippen LogP contribution in [0.4, 0.5) is 5.82 Å². The minimum absolute atomic E-state index is 0.281. The highest BCUT2D eigenvalue weighted by atomic mass is 32.2. The third kappa shape index (κ3) is 4.00. The van der Waals surface area contributed by atoms with Crippen LogP contribution in [0, 0.1) is 0 Å². The van der Waals surface area contributed by atoms with Gasteiger partial charge in [-0.1, -0.05) is 19.1 Å². The number of carbonyl (C=O) groups excluding carboxylic acids is 2. The maximum atomic E-state index is 12.2. The molecular formula is C16H17N3O5S. The molecule has 0 bridgehead atoms. The number of anilines is 1. The lowest BCUT2D eigenvalue weighted by atomic mass is 10.2. The van der Waals surface area contributed by atoms with Crippen LogP contribution in [0.2, 0.25) is 0 Å². The first-order chi connectivity index (χ1) is 11.9. The molecule has 9 heteroatoms. The van der Waals surface area contributed by atoms with Gasteiger partial charge in [0, 0.05) is 11.9 Å². The number of nitrogens with zero attached hydrogens (tertiary/aromatic N) is 1. The Hall–Kier alpha value is -2.81. The van der Waals surface area contributed by atoms with Crippen molar-refractivity contribution in [3.8, 4) is 0 Å². The molecule has 1 heterocycles. The van der Waals surface area contributed by atoms with Gasteiger partial charge >= 0.3 is 11.7 Å². The number of H-pyrrole nitrogens is 1. The molecule has 1 aromatic carbocycles. The van der Waals surface area contributed by atoms with Crippen molar-refractivity contribution in [3.05, 3.63) is 56.2 Å². The maximum absolute atomic E-state index is 12.2. The number of thioether (sulfide) groups is 1. The molecule has 0 radical (unpaired) electrons. The fourth-order valence-corrected chi connectivity index (χ4v) is 2.90. The Kier molecular flexibility index (Phi) is 5.81. The van der Waals surface area contributed by atoms with Crippen molar-refractivity contribution >= 4 is 29.3 Å². The number of carbonyl (C=O) groups is 2. The molecule has 0 aliphatic heterocycles. The summed E-state index contributed by atoms with van der Waals surface area (Å²) in [5.41, 5.74) is 3.92.